The van der Waals surface area contributed by atoms with Crippen LogP contribution in [0.1, 0.15) is 12.5 Å². The maximum absolute atomic E-state index is 10.9. The quantitative estimate of drug-likeness (QED) is 0.330. The van der Waals surface area contributed by atoms with E-state index >= 15 is 0 Å². The highest BCUT2D eigenvalue weighted by Crippen LogP contribution is 2.34. The van der Waals surface area contributed by atoms with Crippen molar-refractivity contribution in [3.05, 3.63) is 55.6 Å². The number of rotatable bonds is 9. The van der Waals surface area contributed by atoms with Crippen molar-refractivity contribution in [1.29, 1.82) is 0 Å². The number of carbonyl (C=O) groups excluding carboxylic acids is 1. The summed E-state index contributed by atoms with van der Waals surface area (Å²) in [5.41, 5.74) is 6.86. The van der Waals surface area contributed by atoms with Gasteiger partial charge in [0.25, 0.3) is 11.6 Å². The molecule has 0 fully saturated rings. The van der Waals surface area contributed by atoms with Crippen LogP contribution in [0.25, 0.3) is 0 Å². The third-order valence-electron chi connectivity index (χ3n) is 3.30. The van der Waals surface area contributed by atoms with Gasteiger partial charge < -0.3 is 20.5 Å². The van der Waals surface area contributed by atoms with Crippen LogP contribution in [0, 0.1) is 13.7 Å². The zero-order valence-corrected chi connectivity index (χ0v) is 16.2. The molecule has 3 N–H and O–H groups in total. The molecule has 2 aromatic carbocycles. The van der Waals surface area contributed by atoms with Crippen molar-refractivity contribution in [2.24, 2.45) is 5.73 Å². The Morgan fingerprint density at radius 2 is 1.96 bits per heavy atom. The van der Waals surface area contributed by atoms with Gasteiger partial charge in [-0.2, -0.15) is 0 Å². The van der Waals surface area contributed by atoms with Gasteiger partial charge in [0.05, 0.1) is 15.1 Å². The molecule has 2 rings (SSSR count). The summed E-state index contributed by atoms with van der Waals surface area (Å²) < 4.78 is 11.8. The Labute approximate surface area is 164 Å². The zero-order valence-electron chi connectivity index (χ0n) is 14.0. The standard InChI is InChI=1S/C17H18IN3O5/c1-2-25-15-8-11(7-14(18)17(15)26-10-16(19)22)9-20-12-3-5-13(6-4-12)21(23)24/h3-8,20H,2,9-10H2,1H3,(H2,19,22). The number of nitrogens with one attached hydrogen (secondary N) is 1. The summed E-state index contributed by atoms with van der Waals surface area (Å²) in [6, 6.07) is 9.91. The molecule has 2 aromatic rings. The maximum Gasteiger partial charge on any atom is 0.269 e. The summed E-state index contributed by atoms with van der Waals surface area (Å²) in [6.07, 6.45) is 0. The molecular formula is C17H18IN3O5. The number of benzene rings is 2. The zero-order chi connectivity index (χ0) is 19.1. The van der Waals surface area contributed by atoms with Crippen LogP contribution in [-0.4, -0.2) is 24.0 Å². The predicted molar refractivity (Wildman–Crippen MR) is 105 cm³/mol. The molecule has 0 aliphatic rings. The first-order valence-corrected chi connectivity index (χ1v) is 8.83. The van der Waals surface area contributed by atoms with Gasteiger partial charge >= 0.3 is 0 Å². The largest absolute Gasteiger partial charge is 0.490 e. The summed E-state index contributed by atoms with van der Waals surface area (Å²) in [6.45, 7) is 2.56. The summed E-state index contributed by atoms with van der Waals surface area (Å²) in [7, 11) is 0. The monoisotopic (exact) mass is 471 g/mol. The SMILES string of the molecule is CCOc1cc(CNc2ccc([N+](=O)[O-])cc2)cc(I)c1OCC(N)=O. The second-order valence-corrected chi connectivity index (χ2v) is 6.41. The lowest BCUT2D eigenvalue weighted by atomic mass is 10.2. The number of hydrogen-bond donors (Lipinski definition) is 2. The summed E-state index contributed by atoms with van der Waals surface area (Å²) >= 11 is 2.10. The number of ether oxygens (including phenoxy) is 2. The number of nitrogens with zero attached hydrogens (tertiary/aromatic N) is 1. The van der Waals surface area contributed by atoms with Crippen molar-refractivity contribution < 1.29 is 19.2 Å². The van der Waals surface area contributed by atoms with Crippen LogP contribution in [0.15, 0.2) is 36.4 Å². The number of nitro benzene ring substituents is 1. The minimum atomic E-state index is -0.563. The van der Waals surface area contributed by atoms with Gasteiger partial charge in [0, 0.05) is 24.4 Å². The molecule has 0 unspecified atom stereocenters. The Bertz CT molecular complexity index is 796. The van der Waals surface area contributed by atoms with Gasteiger partial charge in [-0.25, -0.2) is 0 Å². The number of hydrogen-bond acceptors (Lipinski definition) is 6. The summed E-state index contributed by atoms with van der Waals surface area (Å²) in [4.78, 5) is 21.2. The van der Waals surface area contributed by atoms with Crippen molar-refractivity contribution in [2.45, 2.75) is 13.5 Å². The minimum absolute atomic E-state index is 0.0414. The Hall–Kier alpha value is -2.56. The molecule has 0 saturated heterocycles. The average Bonchev–Trinajstić information content (AvgIpc) is 2.59. The van der Waals surface area contributed by atoms with E-state index in [4.69, 9.17) is 15.2 Å². The molecule has 0 radical (unpaired) electrons. The van der Waals surface area contributed by atoms with Crippen LogP contribution >= 0.6 is 22.6 Å². The lowest BCUT2D eigenvalue weighted by Gasteiger charge is -2.15. The number of nitrogens with two attached hydrogens (primary N) is 1. The van der Waals surface area contributed by atoms with Crippen LogP contribution in [0.4, 0.5) is 11.4 Å². The van der Waals surface area contributed by atoms with E-state index in [0.29, 0.717) is 24.7 Å². The van der Waals surface area contributed by atoms with Crippen LogP contribution < -0.4 is 20.5 Å². The van der Waals surface area contributed by atoms with Gasteiger partial charge in [0.1, 0.15) is 0 Å². The number of non-ortho nitro benzene ring substituents is 1. The van der Waals surface area contributed by atoms with E-state index in [0.717, 1.165) is 14.8 Å². The van der Waals surface area contributed by atoms with E-state index in [9.17, 15) is 14.9 Å². The fourth-order valence-electron chi connectivity index (χ4n) is 2.17. The van der Waals surface area contributed by atoms with E-state index in [2.05, 4.69) is 27.9 Å². The van der Waals surface area contributed by atoms with E-state index in [1.165, 1.54) is 12.1 Å². The van der Waals surface area contributed by atoms with Gasteiger partial charge in [-0.15, -0.1) is 0 Å². The Balaban J connectivity index is 2.13. The van der Waals surface area contributed by atoms with Gasteiger partial charge in [-0.3, -0.25) is 14.9 Å². The van der Waals surface area contributed by atoms with Crippen molar-refractivity contribution in [2.75, 3.05) is 18.5 Å². The molecule has 26 heavy (non-hydrogen) atoms. The first-order valence-electron chi connectivity index (χ1n) is 7.75. The van der Waals surface area contributed by atoms with Crippen LogP contribution in [-0.2, 0) is 11.3 Å². The molecule has 0 aliphatic heterocycles. The molecule has 0 saturated carbocycles. The smallest absolute Gasteiger partial charge is 0.269 e. The predicted octanol–water partition coefficient (Wildman–Crippen LogP) is 3.07. The van der Waals surface area contributed by atoms with E-state index in [-0.39, 0.29) is 12.3 Å². The third kappa shape index (κ3) is 5.48. The molecule has 0 bridgehead atoms. The highest BCUT2D eigenvalue weighted by atomic mass is 127. The summed E-state index contributed by atoms with van der Waals surface area (Å²) in [5, 5.41) is 13.9. The Morgan fingerprint density at radius 3 is 2.54 bits per heavy atom. The average molecular weight is 471 g/mol. The molecule has 1 amide bonds. The van der Waals surface area contributed by atoms with Crippen molar-refractivity contribution in [3.8, 4) is 11.5 Å². The minimum Gasteiger partial charge on any atom is -0.490 e. The van der Waals surface area contributed by atoms with E-state index < -0.39 is 10.8 Å². The number of halogens is 1. The van der Waals surface area contributed by atoms with E-state index in [1.54, 1.807) is 12.1 Å². The first kappa shape index (κ1) is 19.8. The topological polar surface area (TPSA) is 117 Å². The number of nitro groups is 1. The van der Waals surface area contributed by atoms with Crippen molar-refractivity contribution >= 4 is 39.9 Å². The number of anilines is 1. The molecule has 8 nitrogen and oxygen atoms in total. The summed E-state index contributed by atoms with van der Waals surface area (Å²) in [5.74, 6) is 0.443. The number of amides is 1. The molecular weight excluding hydrogens is 453 g/mol. The second kappa shape index (κ2) is 9.22. The van der Waals surface area contributed by atoms with Crippen LogP contribution in [0.3, 0.4) is 0 Å². The molecule has 138 valence electrons. The third-order valence-corrected chi connectivity index (χ3v) is 4.10. The van der Waals surface area contributed by atoms with Crippen LogP contribution in [0.5, 0.6) is 11.5 Å². The van der Waals surface area contributed by atoms with Gasteiger partial charge in [-0.1, -0.05) is 0 Å². The molecule has 9 heteroatoms. The molecule has 0 atom stereocenters. The van der Waals surface area contributed by atoms with Gasteiger partial charge in [0.2, 0.25) is 0 Å². The number of primary amides is 1. The lowest BCUT2D eigenvalue weighted by Crippen LogP contribution is -2.20. The van der Waals surface area contributed by atoms with Crippen molar-refractivity contribution in [1.82, 2.24) is 0 Å². The fourth-order valence-corrected chi connectivity index (χ4v) is 3.00. The first-order chi connectivity index (χ1) is 12.4. The second-order valence-electron chi connectivity index (χ2n) is 5.25. The highest BCUT2D eigenvalue weighted by molar-refractivity contribution is 14.1. The Morgan fingerprint density at radius 1 is 1.27 bits per heavy atom. The molecule has 0 spiro atoms. The molecule has 0 aliphatic carbocycles. The number of carbonyl (C=O) groups is 1. The maximum atomic E-state index is 10.9. The fraction of sp³-hybridized carbons (Fsp3) is 0.235. The Kier molecular flexibility index (Phi) is 7.01. The molecule has 0 heterocycles. The van der Waals surface area contributed by atoms with E-state index in [1.807, 2.05) is 19.1 Å². The van der Waals surface area contributed by atoms with Gasteiger partial charge in [0.15, 0.2) is 18.1 Å². The van der Waals surface area contributed by atoms with Gasteiger partial charge in [-0.05, 0) is 59.3 Å². The van der Waals surface area contributed by atoms with Crippen molar-refractivity contribution in [3.63, 3.8) is 0 Å². The van der Waals surface area contributed by atoms with Crippen LogP contribution in [0.2, 0.25) is 0 Å². The lowest BCUT2D eigenvalue weighted by molar-refractivity contribution is -0.384. The molecule has 0 aromatic heterocycles. The highest BCUT2D eigenvalue weighted by Gasteiger charge is 2.13. The normalized spacial score (nSPS) is 10.2.